The van der Waals surface area contributed by atoms with E-state index in [1.807, 2.05) is 4.57 Å². The third-order valence-electron chi connectivity index (χ3n) is 6.01. The van der Waals surface area contributed by atoms with Crippen molar-refractivity contribution in [3.05, 3.63) is 65.7 Å². The Kier molecular flexibility index (Phi) is 4.73. The van der Waals surface area contributed by atoms with Crippen molar-refractivity contribution < 1.29 is 22.8 Å². The molecule has 2 aromatic carbocycles. The summed E-state index contributed by atoms with van der Waals surface area (Å²) < 4.78 is 42.5. The van der Waals surface area contributed by atoms with Crippen LogP contribution in [-0.4, -0.2) is 27.1 Å². The number of halogens is 3. The monoisotopic (exact) mass is 415 g/mol. The number of amides is 1. The standard InChI is InChI=1S/C22H20F3N3O2/c23-16-1-2-21-19(10-16)26-12-27(21)11-13-5-15(6-13)22(29)28-20(3-4-30-28)14-7-17(24)9-18(25)8-14/h1-2,7-10,12-13,15,20H,3-6,11H2/t13-,15-,20-/m0/s1. The SMILES string of the molecule is O=C([C@H]1C[C@H](Cn2cnc3cc(F)ccc32)C1)N1OCC[C@H]1c1cc(F)cc(F)c1. The molecule has 30 heavy (non-hydrogen) atoms. The van der Waals surface area contributed by atoms with E-state index in [1.54, 1.807) is 12.4 Å². The fraction of sp³-hybridized carbons (Fsp3) is 0.364. The van der Waals surface area contributed by atoms with Gasteiger partial charge < -0.3 is 4.57 Å². The van der Waals surface area contributed by atoms with Gasteiger partial charge in [0.1, 0.15) is 17.5 Å². The first kappa shape index (κ1) is 19.1. The molecule has 0 radical (unpaired) electrons. The molecule has 8 heteroatoms. The van der Waals surface area contributed by atoms with Gasteiger partial charge in [0.05, 0.1) is 30.0 Å². The van der Waals surface area contributed by atoms with E-state index < -0.39 is 17.7 Å². The van der Waals surface area contributed by atoms with E-state index in [0.717, 1.165) is 11.6 Å². The summed E-state index contributed by atoms with van der Waals surface area (Å²) in [6.07, 6.45) is 3.59. The van der Waals surface area contributed by atoms with Gasteiger partial charge in [-0.05, 0) is 48.6 Å². The van der Waals surface area contributed by atoms with Crippen molar-refractivity contribution in [3.63, 3.8) is 0 Å². The highest BCUT2D eigenvalue weighted by molar-refractivity contribution is 5.79. The molecule has 1 aliphatic heterocycles. The number of aromatic nitrogens is 2. The van der Waals surface area contributed by atoms with Crippen molar-refractivity contribution in [3.8, 4) is 0 Å². The number of fused-ring (bicyclic) bond motifs is 1. The Morgan fingerprint density at radius 3 is 2.60 bits per heavy atom. The van der Waals surface area contributed by atoms with Crippen LogP contribution in [-0.2, 0) is 16.2 Å². The van der Waals surface area contributed by atoms with Crippen LogP contribution in [0, 0.1) is 29.3 Å². The number of carbonyl (C=O) groups is 1. The minimum atomic E-state index is -0.666. The first-order chi connectivity index (χ1) is 14.5. The normalized spacial score (nSPS) is 23.7. The smallest absolute Gasteiger partial charge is 0.249 e. The Balaban J connectivity index is 1.23. The molecule has 2 fully saturated rings. The van der Waals surface area contributed by atoms with Crippen LogP contribution in [0.25, 0.3) is 11.0 Å². The molecule has 0 spiro atoms. The Morgan fingerprint density at radius 1 is 1.07 bits per heavy atom. The van der Waals surface area contributed by atoms with Gasteiger partial charge in [-0.1, -0.05) is 0 Å². The lowest BCUT2D eigenvalue weighted by atomic mass is 9.74. The fourth-order valence-electron chi connectivity index (χ4n) is 4.48. The summed E-state index contributed by atoms with van der Waals surface area (Å²) in [7, 11) is 0. The number of hydrogen-bond acceptors (Lipinski definition) is 3. The molecule has 156 valence electrons. The predicted octanol–water partition coefficient (Wildman–Crippen LogP) is 4.39. The Morgan fingerprint density at radius 2 is 1.83 bits per heavy atom. The van der Waals surface area contributed by atoms with Crippen LogP contribution in [0.4, 0.5) is 13.2 Å². The van der Waals surface area contributed by atoms with Gasteiger partial charge in [0.2, 0.25) is 5.91 Å². The minimum Gasteiger partial charge on any atom is -0.330 e. The molecule has 0 unspecified atom stereocenters. The van der Waals surface area contributed by atoms with Crippen LogP contribution in [0.15, 0.2) is 42.7 Å². The van der Waals surface area contributed by atoms with Crippen LogP contribution in [0.5, 0.6) is 0 Å². The summed E-state index contributed by atoms with van der Waals surface area (Å²) in [6.45, 7) is 1.04. The number of nitrogens with zero attached hydrogens (tertiary/aromatic N) is 3. The molecule has 1 atom stereocenters. The van der Waals surface area contributed by atoms with E-state index in [4.69, 9.17) is 4.84 Å². The van der Waals surface area contributed by atoms with E-state index >= 15 is 0 Å². The van der Waals surface area contributed by atoms with Crippen molar-refractivity contribution in [1.29, 1.82) is 0 Å². The van der Waals surface area contributed by atoms with Crippen LogP contribution < -0.4 is 0 Å². The van der Waals surface area contributed by atoms with E-state index in [-0.39, 0.29) is 17.6 Å². The molecule has 2 heterocycles. The number of rotatable bonds is 4. The van der Waals surface area contributed by atoms with Crippen molar-refractivity contribution in [2.45, 2.75) is 31.8 Å². The van der Waals surface area contributed by atoms with Gasteiger partial charge in [0.25, 0.3) is 0 Å². The zero-order chi connectivity index (χ0) is 20.8. The third kappa shape index (κ3) is 3.45. The average molecular weight is 415 g/mol. The first-order valence-corrected chi connectivity index (χ1v) is 10.0. The molecule has 1 saturated heterocycles. The Bertz CT molecular complexity index is 1090. The van der Waals surface area contributed by atoms with E-state index in [1.165, 1.54) is 29.3 Å². The maximum Gasteiger partial charge on any atom is 0.249 e. The lowest BCUT2D eigenvalue weighted by molar-refractivity contribution is -0.186. The molecule has 1 aromatic heterocycles. The van der Waals surface area contributed by atoms with Gasteiger partial charge in [-0.2, -0.15) is 0 Å². The summed E-state index contributed by atoms with van der Waals surface area (Å²) in [5.41, 5.74) is 1.88. The summed E-state index contributed by atoms with van der Waals surface area (Å²) in [5, 5.41) is 1.30. The van der Waals surface area contributed by atoms with Crippen molar-refractivity contribution >= 4 is 16.9 Å². The molecule has 1 amide bonds. The molecule has 1 saturated carbocycles. The Hall–Kier alpha value is -2.87. The second-order valence-corrected chi connectivity index (χ2v) is 8.07. The van der Waals surface area contributed by atoms with Gasteiger partial charge in [0.15, 0.2) is 0 Å². The number of imidazole rings is 1. The van der Waals surface area contributed by atoms with E-state index in [2.05, 4.69) is 4.98 Å². The second kappa shape index (κ2) is 7.43. The number of hydroxylamine groups is 2. The highest BCUT2D eigenvalue weighted by atomic mass is 19.1. The van der Waals surface area contributed by atoms with Crippen molar-refractivity contribution in [1.82, 2.24) is 14.6 Å². The molecular formula is C22H20F3N3O2. The van der Waals surface area contributed by atoms with Crippen LogP contribution >= 0.6 is 0 Å². The average Bonchev–Trinajstić information content (AvgIpc) is 3.30. The first-order valence-electron chi connectivity index (χ1n) is 10.0. The number of carbonyl (C=O) groups excluding carboxylic acids is 1. The lowest BCUT2D eigenvalue weighted by Crippen LogP contribution is -2.42. The minimum absolute atomic E-state index is 0.143. The fourth-order valence-corrected chi connectivity index (χ4v) is 4.48. The molecule has 2 aliphatic rings. The zero-order valence-corrected chi connectivity index (χ0v) is 16.1. The molecule has 0 N–H and O–H groups in total. The maximum absolute atomic E-state index is 13.6. The molecule has 5 rings (SSSR count). The summed E-state index contributed by atoms with van der Waals surface area (Å²) in [5.74, 6) is -1.67. The van der Waals surface area contributed by atoms with Crippen LogP contribution in [0.2, 0.25) is 0 Å². The topological polar surface area (TPSA) is 47.4 Å². The molecule has 5 nitrogen and oxygen atoms in total. The van der Waals surface area contributed by atoms with Crippen LogP contribution in [0.3, 0.4) is 0 Å². The summed E-state index contributed by atoms with van der Waals surface area (Å²) in [6, 6.07) is 7.36. The van der Waals surface area contributed by atoms with Crippen molar-refractivity contribution in [2.75, 3.05) is 6.61 Å². The highest BCUT2D eigenvalue weighted by Gasteiger charge is 2.42. The summed E-state index contributed by atoms with van der Waals surface area (Å²) >= 11 is 0. The lowest BCUT2D eigenvalue weighted by Gasteiger charge is -2.37. The van der Waals surface area contributed by atoms with Gasteiger partial charge in [-0.3, -0.25) is 9.63 Å². The summed E-state index contributed by atoms with van der Waals surface area (Å²) in [4.78, 5) is 22.7. The number of benzene rings is 2. The quantitative estimate of drug-likeness (QED) is 0.635. The molecular weight excluding hydrogens is 395 g/mol. The number of hydrogen-bond donors (Lipinski definition) is 0. The van der Waals surface area contributed by atoms with E-state index in [9.17, 15) is 18.0 Å². The van der Waals surface area contributed by atoms with Gasteiger partial charge in [-0.15, -0.1) is 0 Å². The Labute approximate surface area is 171 Å². The second-order valence-electron chi connectivity index (χ2n) is 8.07. The third-order valence-corrected chi connectivity index (χ3v) is 6.01. The predicted molar refractivity (Wildman–Crippen MR) is 102 cm³/mol. The largest absolute Gasteiger partial charge is 0.330 e. The van der Waals surface area contributed by atoms with Crippen LogP contribution in [0.1, 0.15) is 30.9 Å². The van der Waals surface area contributed by atoms with Crippen molar-refractivity contribution in [2.24, 2.45) is 11.8 Å². The molecule has 1 aliphatic carbocycles. The van der Waals surface area contributed by atoms with E-state index in [0.29, 0.717) is 49.4 Å². The maximum atomic E-state index is 13.6. The van der Waals surface area contributed by atoms with Gasteiger partial charge in [-0.25, -0.2) is 23.2 Å². The zero-order valence-electron chi connectivity index (χ0n) is 16.1. The molecule has 3 aromatic rings. The highest BCUT2D eigenvalue weighted by Crippen LogP contribution is 2.40. The molecule has 0 bridgehead atoms. The van der Waals surface area contributed by atoms with Gasteiger partial charge in [0, 0.05) is 31.0 Å². The van der Waals surface area contributed by atoms with Gasteiger partial charge >= 0.3 is 0 Å².